The molecule has 0 unspecified atom stereocenters. The van der Waals surface area contributed by atoms with Crippen LogP contribution in [-0.2, 0) is 52.0 Å². The summed E-state index contributed by atoms with van der Waals surface area (Å²) in [6.07, 6.45) is 0.283. The van der Waals surface area contributed by atoms with E-state index in [1.807, 2.05) is 93.6 Å². The van der Waals surface area contributed by atoms with Crippen LogP contribution in [0.15, 0.2) is 194 Å². The van der Waals surface area contributed by atoms with Crippen LogP contribution in [-0.4, -0.2) is 70.4 Å². The van der Waals surface area contributed by atoms with E-state index >= 15 is 0 Å². The SMILES string of the molecule is COc1ccccc1CS(=O)(=O)c1ccc(CC(=O)CSc2ccc(C)cc2)cc1.COc1ccccc1CS(=O)(=O)c1ccc(N)cc1.Cc1ccc(SCC(=O)Cl)cc1.Cc1ccc(SCC(=O)O)cc1. The molecule has 384 valence electrons. The van der Waals surface area contributed by atoms with E-state index in [-0.39, 0.29) is 44.5 Å². The first-order valence-electron chi connectivity index (χ1n) is 22.4. The Morgan fingerprint density at radius 2 is 0.863 bits per heavy atom. The van der Waals surface area contributed by atoms with Gasteiger partial charge in [0.1, 0.15) is 17.3 Å². The molecule has 0 fully saturated rings. The first kappa shape index (κ1) is 59.6. The van der Waals surface area contributed by atoms with E-state index in [2.05, 4.69) is 0 Å². The Morgan fingerprint density at radius 1 is 0.507 bits per heavy atom. The molecular weight excluding hydrogens is 1040 g/mol. The van der Waals surface area contributed by atoms with E-state index in [1.54, 1.807) is 84.9 Å². The maximum Gasteiger partial charge on any atom is 0.313 e. The number of carboxylic acid groups (broad SMARTS) is 1. The number of ether oxygens (including phenoxy) is 2. The zero-order valence-electron chi connectivity index (χ0n) is 41.0. The van der Waals surface area contributed by atoms with Crippen molar-refractivity contribution in [2.45, 2.75) is 63.2 Å². The summed E-state index contributed by atoms with van der Waals surface area (Å²) in [7, 11) is -3.86. The number of Topliss-reactive ketones (excluding diaryl/α,β-unsaturated/α-hetero) is 1. The number of hydrogen-bond donors (Lipinski definition) is 2. The summed E-state index contributed by atoms with van der Waals surface area (Å²) >= 11 is 9.50. The zero-order valence-corrected chi connectivity index (χ0v) is 45.9. The van der Waals surface area contributed by atoms with Gasteiger partial charge in [0.2, 0.25) is 5.24 Å². The Kier molecular flexibility index (Phi) is 24.7. The van der Waals surface area contributed by atoms with Gasteiger partial charge >= 0.3 is 5.97 Å². The fraction of sp³-hybridized carbons (Fsp3) is 0.196. The second-order valence-electron chi connectivity index (χ2n) is 16.1. The van der Waals surface area contributed by atoms with Crippen LogP contribution in [0, 0.1) is 20.8 Å². The summed E-state index contributed by atoms with van der Waals surface area (Å²) < 4.78 is 60.5. The molecule has 3 N–H and O–H groups in total. The van der Waals surface area contributed by atoms with Crippen LogP contribution in [0.3, 0.4) is 0 Å². The molecule has 73 heavy (non-hydrogen) atoms. The number of aryl methyl sites for hydroxylation is 3. The van der Waals surface area contributed by atoms with E-state index < -0.39 is 25.6 Å². The Balaban J connectivity index is 0.000000229. The van der Waals surface area contributed by atoms with Crippen molar-refractivity contribution in [3.8, 4) is 11.5 Å². The molecule has 0 atom stereocenters. The predicted octanol–water partition coefficient (Wildman–Crippen LogP) is 12.2. The number of nitrogens with two attached hydrogens (primary N) is 1. The van der Waals surface area contributed by atoms with Crippen LogP contribution in [0.1, 0.15) is 33.4 Å². The number of ketones is 1. The van der Waals surface area contributed by atoms with Gasteiger partial charge in [0, 0.05) is 37.9 Å². The van der Waals surface area contributed by atoms with Crippen molar-refractivity contribution < 1.29 is 45.8 Å². The Bertz CT molecular complexity index is 3020. The number of carbonyl (C=O) groups is 3. The fourth-order valence-corrected chi connectivity index (χ4v) is 11.2. The van der Waals surface area contributed by atoms with Gasteiger partial charge < -0.3 is 20.3 Å². The summed E-state index contributed by atoms with van der Waals surface area (Å²) in [5.41, 5.74) is 11.8. The van der Waals surface area contributed by atoms with Crippen LogP contribution >= 0.6 is 46.9 Å². The molecule has 0 aliphatic rings. The molecule has 7 aromatic carbocycles. The molecule has 0 aliphatic heterocycles. The number of halogens is 1. The number of rotatable bonds is 19. The van der Waals surface area contributed by atoms with Crippen molar-refractivity contribution in [3.05, 3.63) is 203 Å². The van der Waals surface area contributed by atoms with Crippen LogP contribution in [0.4, 0.5) is 5.69 Å². The lowest BCUT2D eigenvalue weighted by Gasteiger charge is -2.09. The molecule has 0 amide bonds. The van der Waals surface area contributed by atoms with Crippen molar-refractivity contribution >= 4 is 89.2 Å². The second kappa shape index (κ2) is 30.2. The number of methoxy groups -OCH3 is 2. The molecule has 0 radical (unpaired) electrons. The number of carbonyl (C=O) groups excluding carboxylic acids is 2. The third-order valence-corrected chi connectivity index (χ3v) is 16.9. The van der Waals surface area contributed by atoms with Crippen LogP contribution < -0.4 is 15.2 Å². The van der Waals surface area contributed by atoms with E-state index in [1.165, 1.54) is 78.3 Å². The normalized spacial score (nSPS) is 10.8. The lowest BCUT2D eigenvalue weighted by atomic mass is 10.1. The van der Waals surface area contributed by atoms with E-state index in [4.69, 9.17) is 31.9 Å². The minimum absolute atomic E-state index is 0.0963. The van der Waals surface area contributed by atoms with Crippen LogP contribution in [0.5, 0.6) is 11.5 Å². The lowest BCUT2D eigenvalue weighted by Crippen LogP contribution is -2.08. The molecule has 0 saturated carbocycles. The fourth-order valence-electron chi connectivity index (χ4n) is 6.34. The third kappa shape index (κ3) is 21.9. The van der Waals surface area contributed by atoms with Crippen molar-refractivity contribution in [3.63, 3.8) is 0 Å². The molecule has 11 nitrogen and oxygen atoms in total. The van der Waals surface area contributed by atoms with Gasteiger partial charge in [-0.15, -0.1) is 35.3 Å². The highest BCUT2D eigenvalue weighted by Gasteiger charge is 2.19. The van der Waals surface area contributed by atoms with Gasteiger partial charge in [-0.25, -0.2) is 16.8 Å². The van der Waals surface area contributed by atoms with Gasteiger partial charge in [0.05, 0.1) is 52.8 Å². The summed E-state index contributed by atoms with van der Waals surface area (Å²) in [6.45, 7) is 6.06. The van der Waals surface area contributed by atoms with Crippen molar-refractivity contribution in [1.82, 2.24) is 0 Å². The van der Waals surface area contributed by atoms with Crippen LogP contribution in [0.2, 0.25) is 0 Å². The highest BCUT2D eigenvalue weighted by atomic mass is 35.5. The molecule has 0 heterocycles. The number of thioether (sulfide) groups is 3. The molecular formula is C56H58ClNO10S5. The van der Waals surface area contributed by atoms with Gasteiger partial charge in [0.15, 0.2) is 19.7 Å². The molecule has 17 heteroatoms. The Morgan fingerprint density at radius 3 is 1.23 bits per heavy atom. The second-order valence-corrected chi connectivity index (χ2v) is 23.7. The Labute approximate surface area is 447 Å². The largest absolute Gasteiger partial charge is 0.496 e. The smallest absolute Gasteiger partial charge is 0.313 e. The standard InChI is InChI=1S/C24H24O4S2.C14H15NO3S.C9H9ClOS.C9H10O2S/c1-18-7-11-22(12-8-18)29-16-21(25)15-19-9-13-23(14-10-19)30(26,27)17-20-5-3-4-6-24(20)28-2;1-18-14-5-3-2-4-11(14)10-19(16,17)13-8-6-12(15)7-9-13;2*1-7-2-4-8(5-3-7)12-6-9(10)11/h3-14H,15-17H2,1-2H3;2-9H,10,15H2,1H3;2-5H,6H2,1H3;2-5H,6H2,1H3,(H,10,11). The van der Waals surface area contributed by atoms with Crippen molar-refractivity contribution in [2.75, 3.05) is 37.2 Å². The molecule has 0 bridgehead atoms. The number of nitrogen functional groups attached to an aromatic ring is 1. The average Bonchev–Trinajstić information content (AvgIpc) is 3.37. The number of anilines is 1. The first-order valence-corrected chi connectivity index (χ1v) is 29.0. The summed E-state index contributed by atoms with van der Waals surface area (Å²) in [4.78, 5) is 36.6. The number of para-hydroxylation sites is 2. The minimum Gasteiger partial charge on any atom is -0.496 e. The van der Waals surface area contributed by atoms with Gasteiger partial charge in [0.25, 0.3) is 0 Å². The van der Waals surface area contributed by atoms with Gasteiger partial charge in [-0.3, -0.25) is 14.4 Å². The quantitative estimate of drug-likeness (QED) is 0.0443. The highest BCUT2D eigenvalue weighted by molar-refractivity contribution is 8.00. The monoisotopic (exact) mass is 1100 g/mol. The zero-order chi connectivity index (χ0) is 53.4. The van der Waals surface area contributed by atoms with E-state index in [9.17, 15) is 31.2 Å². The van der Waals surface area contributed by atoms with Crippen LogP contribution in [0.25, 0.3) is 0 Å². The maximum absolute atomic E-state index is 12.8. The van der Waals surface area contributed by atoms with Gasteiger partial charge in [-0.2, -0.15) is 0 Å². The lowest BCUT2D eigenvalue weighted by molar-refractivity contribution is -0.134. The third-order valence-electron chi connectivity index (χ3n) is 10.2. The van der Waals surface area contributed by atoms with Gasteiger partial charge in [-0.1, -0.05) is 102 Å². The van der Waals surface area contributed by atoms with E-state index in [0.29, 0.717) is 39.8 Å². The average molecular weight is 1100 g/mol. The van der Waals surface area contributed by atoms with Crippen molar-refractivity contribution in [1.29, 1.82) is 0 Å². The number of benzene rings is 7. The molecule has 7 rings (SSSR count). The van der Waals surface area contributed by atoms with Crippen molar-refractivity contribution in [2.24, 2.45) is 0 Å². The van der Waals surface area contributed by atoms with Gasteiger partial charge in [-0.05, 0) is 123 Å². The minimum atomic E-state index is -3.51. The molecule has 0 aliphatic carbocycles. The Hall–Kier alpha value is -6.01. The highest BCUT2D eigenvalue weighted by Crippen LogP contribution is 2.26. The first-order chi connectivity index (χ1) is 34.8. The number of sulfone groups is 2. The summed E-state index contributed by atoms with van der Waals surface area (Å²) in [5.74, 6) is 1.07. The summed E-state index contributed by atoms with van der Waals surface area (Å²) in [5, 5.41) is 8.10. The molecule has 0 saturated heterocycles. The topological polar surface area (TPSA) is 184 Å². The summed E-state index contributed by atoms with van der Waals surface area (Å²) in [6, 6.07) is 50.8. The number of hydrogen-bond acceptors (Lipinski definition) is 13. The molecule has 7 aromatic rings. The maximum atomic E-state index is 12.8. The molecule has 0 aromatic heterocycles. The number of aliphatic carboxylic acids is 1. The molecule has 0 spiro atoms. The number of carboxylic acids is 1. The predicted molar refractivity (Wildman–Crippen MR) is 298 cm³/mol. The van der Waals surface area contributed by atoms with E-state index in [0.717, 1.165) is 20.2 Å².